The van der Waals surface area contributed by atoms with Crippen molar-refractivity contribution in [3.05, 3.63) is 71.8 Å². The maximum Gasteiger partial charge on any atom is 0.410 e. The molecule has 2 atom stereocenters. The van der Waals surface area contributed by atoms with Gasteiger partial charge in [0, 0.05) is 25.4 Å². The Bertz CT molecular complexity index is 1020. The number of rotatable bonds is 12. The van der Waals surface area contributed by atoms with E-state index in [1.54, 1.807) is 20.8 Å². The van der Waals surface area contributed by atoms with Gasteiger partial charge < -0.3 is 19.5 Å². The van der Waals surface area contributed by atoms with Crippen molar-refractivity contribution in [2.24, 2.45) is 11.8 Å². The van der Waals surface area contributed by atoms with Gasteiger partial charge in [-0.25, -0.2) is 4.79 Å². The monoisotopic (exact) mass is 497 g/mol. The van der Waals surface area contributed by atoms with Gasteiger partial charge in [0.15, 0.2) is 0 Å². The number of nitrogens with zero attached hydrogens (tertiary/aromatic N) is 1. The van der Waals surface area contributed by atoms with Crippen LogP contribution in [0.4, 0.5) is 4.79 Å². The van der Waals surface area contributed by atoms with Crippen LogP contribution < -0.4 is 0 Å². The molecule has 0 aliphatic heterocycles. The molecule has 2 rings (SSSR count). The second-order valence-electron chi connectivity index (χ2n) is 9.70. The minimum Gasteiger partial charge on any atom is -0.481 e. The smallest absolute Gasteiger partial charge is 0.410 e. The number of benzene rings is 2. The number of carbonyl (C=O) groups is 4. The maximum atomic E-state index is 13.1. The summed E-state index contributed by atoms with van der Waals surface area (Å²) in [5, 5.41) is 9.22. The Morgan fingerprint density at radius 1 is 0.889 bits per heavy atom. The van der Waals surface area contributed by atoms with Crippen LogP contribution in [0.3, 0.4) is 0 Å². The Labute approximate surface area is 212 Å². The van der Waals surface area contributed by atoms with Crippen LogP contribution in [0.25, 0.3) is 0 Å². The molecule has 8 heteroatoms. The first-order chi connectivity index (χ1) is 17.0. The zero-order chi connectivity index (χ0) is 26.7. The van der Waals surface area contributed by atoms with Crippen LogP contribution >= 0.6 is 0 Å². The fourth-order valence-corrected chi connectivity index (χ4v) is 3.73. The number of esters is 1. The molecule has 1 amide bonds. The molecule has 0 aliphatic carbocycles. The van der Waals surface area contributed by atoms with Gasteiger partial charge in [0.05, 0.1) is 5.92 Å². The first-order valence-electron chi connectivity index (χ1n) is 11.9. The zero-order valence-electron chi connectivity index (χ0n) is 21.3. The Kier molecular flexibility index (Phi) is 10.6. The van der Waals surface area contributed by atoms with Gasteiger partial charge in [0.2, 0.25) is 0 Å². The lowest BCUT2D eigenvalue weighted by molar-refractivity contribution is -0.164. The first kappa shape index (κ1) is 28.6. The van der Waals surface area contributed by atoms with E-state index in [0.29, 0.717) is 0 Å². The van der Waals surface area contributed by atoms with Gasteiger partial charge in [-0.15, -0.1) is 0 Å². The predicted octanol–water partition coefficient (Wildman–Crippen LogP) is 4.85. The van der Waals surface area contributed by atoms with Crippen molar-refractivity contribution in [2.75, 3.05) is 6.54 Å². The highest BCUT2D eigenvalue weighted by atomic mass is 16.6. The normalized spacial score (nSPS) is 12.8. The predicted molar refractivity (Wildman–Crippen MR) is 134 cm³/mol. The number of amides is 1. The molecule has 0 heterocycles. The number of hydrogen-bond acceptors (Lipinski definition) is 6. The van der Waals surface area contributed by atoms with Crippen molar-refractivity contribution in [1.29, 1.82) is 0 Å². The maximum absolute atomic E-state index is 13.1. The van der Waals surface area contributed by atoms with Crippen LogP contribution in [0.5, 0.6) is 0 Å². The van der Waals surface area contributed by atoms with Gasteiger partial charge in [0.1, 0.15) is 18.0 Å². The van der Waals surface area contributed by atoms with Crippen LogP contribution in [-0.2, 0) is 37.0 Å². The van der Waals surface area contributed by atoms with Crippen LogP contribution in [-0.4, -0.2) is 46.0 Å². The highest BCUT2D eigenvalue weighted by Gasteiger charge is 2.37. The Morgan fingerprint density at radius 3 is 1.94 bits per heavy atom. The van der Waals surface area contributed by atoms with Crippen LogP contribution in [0, 0.1) is 11.8 Å². The molecule has 2 aromatic rings. The molecule has 36 heavy (non-hydrogen) atoms. The standard InChI is InChI=1S/C28H35NO7/c1-20(30)24(23(15-16-25(31)32)26(33)36-28(2,3)4)18-29(17-21-11-7-5-8-12-21)27(34)35-19-22-13-9-6-10-14-22/h5-14,23-24H,15-19H2,1-4H3,(H,31,32). The summed E-state index contributed by atoms with van der Waals surface area (Å²) in [5.74, 6) is -4.09. The zero-order valence-corrected chi connectivity index (χ0v) is 21.3. The van der Waals surface area contributed by atoms with E-state index in [0.717, 1.165) is 11.1 Å². The molecule has 194 valence electrons. The van der Waals surface area contributed by atoms with Crippen molar-refractivity contribution in [1.82, 2.24) is 4.90 Å². The average Bonchev–Trinajstić information content (AvgIpc) is 2.81. The fourth-order valence-electron chi connectivity index (χ4n) is 3.73. The van der Waals surface area contributed by atoms with E-state index in [2.05, 4.69) is 0 Å². The average molecular weight is 498 g/mol. The molecule has 0 aromatic heterocycles. The van der Waals surface area contributed by atoms with E-state index in [9.17, 15) is 24.3 Å². The van der Waals surface area contributed by atoms with Gasteiger partial charge in [-0.05, 0) is 45.2 Å². The topological polar surface area (TPSA) is 110 Å². The molecule has 0 saturated heterocycles. The van der Waals surface area contributed by atoms with Crippen molar-refractivity contribution in [3.8, 4) is 0 Å². The summed E-state index contributed by atoms with van der Waals surface area (Å²) >= 11 is 0. The van der Waals surface area contributed by atoms with Crippen molar-refractivity contribution >= 4 is 23.8 Å². The third-order valence-electron chi connectivity index (χ3n) is 5.48. The molecule has 2 unspecified atom stereocenters. The summed E-state index contributed by atoms with van der Waals surface area (Å²) in [7, 11) is 0. The number of ketones is 1. The summed E-state index contributed by atoms with van der Waals surface area (Å²) in [5.41, 5.74) is 0.802. The number of carbonyl (C=O) groups excluding carboxylic acids is 3. The van der Waals surface area contributed by atoms with Crippen molar-refractivity contribution in [2.45, 2.75) is 59.3 Å². The summed E-state index contributed by atoms with van der Waals surface area (Å²) in [4.78, 5) is 51.6. The van der Waals surface area contributed by atoms with E-state index in [4.69, 9.17) is 9.47 Å². The molecule has 2 aromatic carbocycles. The molecule has 0 bridgehead atoms. The van der Waals surface area contributed by atoms with Crippen molar-refractivity contribution < 1.29 is 33.8 Å². The molecule has 8 nitrogen and oxygen atoms in total. The van der Waals surface area contributed by atoms with Gasteiger partial charge in [-0.2, -0.15) is 0 Å². The number of aliphatic carboxylic acids is 1. The number of carboxylic acid groups (broad SMARTS) is 1. The number of hydrogen-bond donors (Lipinski definition) is 1. The number of carboxylic acids is 1. The second-order valence-corrected chi connectivity index (χ2v) is 9.70. The lowest BCUT2D eigenvalue weighted by Crippen LogP contribution is -2.43. The molecule has 0 spiro atoms. The fraction of sp³-hybridized carbons (Fsp3) is 0.429. The minimum atomic E-state index is -1.09. The number of Topliss-reactive ketones (excluding diaryl/α,β-unsaturated/α-hetero) is 1. The molecular formula is C28H35NO7. The lowest BCUT2D eigenvalue weighted by Gasteiger charge is -2.31. The summed E-state index contributed by atoms with van der Waals surface area (Å²) in [6, 6.07) is 18.4. The minimum absolute atomic E-state index is 0.0458. The van der Waals surface area contributed by atoms with E-state index < -0.39 is 35.5 Å². The molecule has 0 aliphatic rings. The Balaban J connectivity index is 2.31. The van der Waals surface area contributed by atoms with Gasteiger partial charge >= 0.3 is 18.0 Å². The Morgan fingerprint density at radius 2 is 1.44 bits per heavy atom. The Hall–Kier alpha value is -3.68. The molecular weight excluding hydrogens is 462 g/mol. The van der Waals surface area contributed by atoms with Gasteiger partial charge in [0.25, 0.3) is 0 Å². The van der Waals surface area contributed by atoms with Crippen molar-refractivity contribution in [3.63, 3.8) is 0 Å². The molecule has 1 N–H and O–H groups in total. The summed E-state index contributed by atoms with van der Waals surface area (Å²) in [6.07, 6.45) is -1.05. The quantitative estimate of drug-likeness (QED) is 0.417. The summed E-state index contributed by atoms with van der Waals surface area (Å²) < 4.78 is 11.0. The number of ether oxygens (including phenoxy) is 2. The second kappa shape index (κ2) is 13.4. The lowest BCUT2D eigenvalue weighted by atomic mass is 9.84. The molecule has 0 saturated carbocycles. The molecule has 0 fully saturated rings. The SMILES string of the molecule is CC(=O)C(CN(Cc1ccccc1)C(=O)OCc1ccccc1)C(CCC(=O)O)C(=O)OC(C)(C)C. The molecule has 0 radical (unpaired) electrons. The van der Waals surface area contributed by atoms with E-state index >= 15 is 0 Å². The van der Waals surface area contributed by atoms with Crippen LogP contribution in [0.1, 0.15) is 51.7 Å². The van der Waals surface area contributed by atoms with E-state index in [1.165, 1.54) is 11.8 Å². The van der Waals surface area contributed by atoms with Crippen LogP contribution in [0.15, 0.2) is 60.7 Å². The largest absolute Gasteiger partial charge is 0.481 e. The van der Waals surface area contributed by atoms with Gasteiger partial charge in [-0.3, -0.25) is 14.4 Å². The van der Waals surface area contributed by atoms with E-state index in [-0.39, 0.29) is 38.3 Å². The first-order valence-corrected chi connectivity index (χ1v) is 11.9. The highest BCUT2D eigenvalue weighted by molar-refractivity contribution is 5.86. The third kappa shape index (κ3) is 9.90. The highest BCUT2D eigenvalue weighted by Crippen LogP contribution is 2.26. The van der Waals surface area contributed by atoms with Gasteiger partial charge in [-0.1, -0.05) is 60.7 Å². The summed E-state index contributed by atoms with van der Waals surface area (Å²) in [6.45, 7) is 6.50. The third-order valence-corrected chi connectivity index (χ3v) is 5.48. The van der Waals surface area contributed by atoms with Crippen LogP contribution in [0.2, 0.25) is 0 Å². The van der Waals surface area contributed by atoms with E-state index in [1.807, 2.05) is 60.7 Å².